The normalized spacial score (nSPS) is 17.1. The molecule has 1 aliphatic rings. The molecule has 88 valence electrons. The van der Waals surface area contributed by atoms with Crippen molar-refractivity contribution in [2.24, 2.45) is 5.73 Å². The Morgan fingerprint density at radius 2 is 1.94 bits per heavy atom. The first kappa shape index (κ1) is 11.6. The van der Waals surface area contributed by atoms with Crippen LogP contribution >= 0.6 is 11.6 Å². The lowest BCUT2D eigenvalue weighted by Gasteiger charge is -2.20. The van der Waals surface area contributed by atoms with Gasteiger partial charge in [-0.3, -0.25) is 0 Å². The third kappa shape index (κ3) is 1.64. The molecule has 0 radical (unpaired) electrons. The van der Waals surface area contributed by atoms with Crippen LogP contribution in [0.25, 0.3) is 0 Å². The quantitative estimate of drug-likeness (QED) is 0.885. The number of methoxy groups -OCH3 is 2. The molecular weight excluding hydrogens is 226 g/mol. The van der Waals surface area contributed by atoms with Crippen molar-refractivity contribution in [2.75, 3.05) is 14.2 Å². The number of ether oxygens (including phenoxy) is 2. The summed E-state index contributed by atoms with van der Waals surface area (Å²) in [5.41, 5.74) is 7.73. The maximum atomic E-state index is 6.32. The zero-order valence-electron chi connectivity index (χ0n) is 9.76. The third-order valence-corrected chi connectivity index (χ3v) is 3.56. The highest BCUT2D eigenvalue weighted by Gasteiger charge is 2.45. The molecule has 1 aromatic carbocycles. The van der Waals surface area contributed by atoms with Crippen LogP contribution in [0.5, 0.6) is 11.5 Å². The van der Waals surface area contributed by atoms with Gasteiger partial charge in [0.2, 0.25) is 0 Å². The lowest BCUT2D eigenvalue weighted by atomic mass is 10.0. The lowest BCUT2D eigenvalue weighted by Crippen LogP contribution is -2.21. The number of rotatable bonds is 3. The summed E-state index contributed by atoms with van der Waals surface area (Å²) in [5, 5.41) is 0.692. The second-order valence-corrected chi connectivity index (χ2v) is 4.65. The molecule has 2 N–H and O–H groups in total. The summed E-state index contributed by atoms with van der Waals surface area (Å²) in [6, 6.07) is 1.87. The van der Waals surface area contributed by atoms with E-state index in [2.05, 4.69) is 0 Å². The smallest absolute Gasteiger partial charge is 0.167 e. The van der Waals surface area contributed by atoms with Crippen LogP contribution in [0.15, 0.2) is 6.07 Å². The van der Waals surface area contributed by atoms with Crippen molar-refractivity contribution in [3.05, 3.63) is 22.2 Å². The molecular formula is C12H16ClNO2. The van der Waals surface area contributed by atoms with Crippen LogP contribution in [-0.4, -0.2) is 14.2 Å². The van der Waals surface area contributed by atoms with Crippen molar-refractivity contribution in [1.82, 2.24) is 0 Å². The van der Waals surface area contributed by atoms with Crippen LogP contribution in [0, 0.1) is 6.92 Å². The van der Waals surface area contributed by atoms with Crippen molar-refractivity contribution in [1.29, 1.82) is 0 Å². The summed E-state index contributed by atoms with van der Waals surface area (Å²) in [4.78, 5) is 0. The highest BCUT2D eigenvalue weighted by Crippen LogP contribution is 2.52. The highest BCUT2D eigenvalue weighted by molar-refractivity contribution is 6.32. The number of hydrogen-bond donors (Lipinski definition) is 1. The Kier molecular flexibility index (Phi) is 2.76. The van der Waals surface area contributed by atoms with Crippen LogP contribution in [-0.2, 0) is 5.54 Å². The zero-order chi connectivity index (χ0) is 11.9. The molecule has 0 aliphatic heterocycles. The molecule has 3 nitrogen and oxygen atoms in total. The Morgan fingerprint density at radius 3 is 2.38 bits per heavy atom. The molecule has 0 atom stereocenters. The molecule has 0 aromatic heterocycles. The Bertz CT molecular complexity index is 428. The second kappa shape index (κ2) is 3.82. The summed E-state index contributed by atoms with van der Waals surface area (Å²) < 4.78 is 10.7. The molecule has 1 aliphatic carbocycles. The van der Waals surface area contributed by atoms with Crippen LogP contribution < -0.4 is 15.2 Å². The molecule has 1 aromatic rings. The van der Waals surface area contributed by atoms with Gasteiger partial charge in [0.15, 0.2) is 11.5 Å². The van der Waals surface area contributed by atoms with Gasteiger partial charge in [-0.15, -0.1) is 0 Å². The van der Waals surface area contributed by atoms with Crippen molar-refractivity contribution in [3.8, 4) is 11.5 Å². The fourth-order valence-electron chi connectivity index (χ4n) is 1.93. The summed E-state index contributed by atoms with van der Waals surface area (Å²) in [6.45, 7) is 1.94. The number of halogens is 1. The van der Waals surface area contributed by atoms with E-state index in [0.717, 1.165) is 24.0 Å². The van der Waals surface area contributed by atoms with E-state index in [4.69, 9.17) is 26.8 Å². The maximum Gasteiger partial charge on any atom is 0.167 e. The van der Waals surface area contributed by atoms with Crippen LogP contribution in [0.4, 0.5) is 0 Å². The minimum absolute atomic E-state index is 0.332. The second-order valence-electron chi connectivity index (χ2n) is 4.27. The van der Waals surface area contributed by atoms with Gasteiger partial charge in [0.1, 0.15) is 0 Å². The standard InChI is InChI=1S/C12H16ClNO2/c1-7-6-8(15-2)11(16-3)9(10(7)13)12(14)4-5-12/h6H,4-5,14H2,1-3H3. The van der Waals surface area contributed by atoms with E-state index >= 15 is 0 Å². The van der Waals surface area contributed by atoms with Gasteiger partial charge in [0.25, 0.3) is 0 Å². The molecule has 16 heavy (non-hydrogen) atoms. The van der Waals surface area contributed by atoms with Crippen molar-refractivity contribution in [3.63, 3.8) is 0 Å². The Morgan fingerprint density at radius 1 is 1.31 bits per heavy atom. The number of nitrogens with two attached hydrogens (primary N) is 1. The van der Waals surface area contributed by atoms with Crippen molar-refractivity contribution >= 4 is 11.6 Å². The van der Waals surface area contributed by atoms with Crippen LogP contribution in [0.2, 0.25) is 5.02 Å². The van der Waals surface area contributed by atoms with E-state index in [0.29, 0.717) is 16.5 Å². The Labute approximate surface area is 100 Å². The zero-order valence-corrected chi connectivity index (χ0v) is 10.5. The topological polar surface area (TPSA) is 44.5 Å². The Hall–Kier alpha value is -0.930. The molecule has 4 heteroatoms. The number of hydrogen-bond acceptors (Lipinski definition) is 3. The maximum absolute atomic E-state index is 6.32. The Balaban J connectivity index is 2.67. The highest BCUT2D eigenvalue weighted by atomic mass is 35.5. The molecule has 1 fully saturated rings. The van der Waals surface area contributed by atoms with E-state index in [1.54, 1.807) is 14.2 Å². The fourth-order valence-corrected chi connectivity index (χ4v) is 2.26. The monoisotopic (exact) mass is 241 g/mol. The van der Waals surface area contributed by atoms with Gasteiger partial charge in [-0.1, -0.05) is 11.6 Å². The average Bonchev–Trinajstić information content (AvgIpc) is 3.00. The molecule has 1 saturated carbocycles. The van der Waals surface area contributed by atoms with Gasteiger partial charge in [-0.25, -0.2) is 0 Å². The predicted octanol–water partition coefficient (Wildman–Crippen LogP) is 2.61. The van der Waals surface area contributed by atoms with Crippen LogP contribution in [0.3, 0.4) is 0 Å². The molecule has 2 rings (SSSR count). The van der Waals surface area contributed by atoms with Gasteiger partial charge in [-0.05, 0) is 31.4 Å². The third-order valence-electron chi connectivity index (χ3n) is 3.07. The lowest BCUT2D eigenvalue weighted by molar-refractivity contribution is 0.348. The minimum Gasteiger partial charge on any atom is -0.493 e. The summed E-state index contributed by atoms with van der Waals surface area (Å²) in [5.74, 6) is 1.36. The van der Waals surface area contributed by atoms with Gasteiger partial charge in [0.05, 0.1) is 19.2 Å². The molecule has 0 unspecified atom stereocenters. The van der Waals surface area contributed by atoms with Gasteiger partial charge in [0, 0.05) is 11.1 Å². The molecule has 0 spiro atoms. The first-order valence-corrected chi connectivity index (χ1v) is 5.61. The minimum atomic E-state index is -0.332. The first-order chi connectivity index (χ1) is 7.53. The van der Waals surface area contributed by atoms with E-state index in [9.17, 15) is 0 Å². The SMILES string of the molecule is COc1cc(C)c(Cl)c(C2(N)CC2)c1OC. The molecule has 0 amide bonds. The number of aryl methyl sites for hydroxylation is 1. The van der Waals surface area contributed by atoms with E-state index < -0.39 is 0 Å². The van der Waals surface area contributed by atoms with Gasteiger partial charge < -0.3 is 15.2 Å². The first-order valence-electron chi connectivity index (χ1n) is 5.24. The predicted molar refractivity (Wildman–Crippen MR) is 64.4 cm³/mol. The van der Waals surface area contributed by atoms with Crippen molar-refractivity contribution in [2.45, 2.75) is 25.3 Å². The molecule has 0 bridgehead atoms. The van der Waals surface area contributed by atoms with Crippen molar-refractivity contribution < 1.29 is 9.47 Å². The number of benzene rings is 1. The molecule has 0 heterocycles. The largest absolute Gasteiger partial charge is 0.493 e. The van der Waals surface area contributed by atoms with Gasteiger partial charge in [-0.2, -0.15) is 0 Å². The van der Waals surface area contributed by atoms with Crippen LogP contribution in [0.1, 0.15) is 24.0 Å². The summed E-state index contributed by atoms with van der Waals surface area (Å²) in [7, 11) is 3.23. The summed E-state index contributed by atoms with van der Waals surface area (Å²) in [6.07, 6.45) is 1.88. The molecule has 0 saturated heterocycles. The average molecular weight is 242 g/mol. The van der Waals surface area contributed by atoms with E-state index in [-0.39, 0.29) is 5.54 Å². The van der Waals surface area contributed by atoms with E-state index in [1.165, 1.54) is 0 Å². The fraction of sp³-hybridized carbons (Fsp3) is 0.500. The van der Waals surface area contributed by atoms with E-state index in [1.807, 2.05) is 13.0 Å². The van der Waals surface area contributed by atoms with Gasteiger partial charge >= 0.3 is 0 Å². The summed E-state index contributed by atoms with van der Waals surface area (Å²) >= 11 is 6.32.